The number of phosphoric ester groups is 1. The van der Waals surface area contributed by atoms with Crippen LogP contribution in [0.15, 0.2) is 36.5 Å². The van der Waals surface area contributed by atoms with E-state index in [1.165, 1.54) is 38.2 Å². The molecular weight excluding hydrogens is 657 g/mol. The van der Waals surface area contributed by atoms with Crippen molar-refractivity contribution in [2.75, 3.05) is 6.61 Å². The highest BCUT2D eigenvalue weighted by Crippen LogP contribution is 2.47. The minimum Gasteiger partial charge on any atom is -0.393 e. The van der Waals surface area contributed by atoms with Crippen molar-refractivity contribution in [1.29, 1.82) is 0 Å². The molecular formula is C35H64NO12P. The Bertz CT molecular complexity index is 995. The first-order chi connectivity index (χ1) is 23.3. The Labute approximate surface area is 292 Å². The van der Waals surface area contributed by atoms with Crippen LogP contribution in [0.4, 0.5) is 0 Å². The van der Waals surface area contributed by atoms with E-state index < -0.39 is 75.2 Å². The third kappa shape index (κ3) is 19.6. The van der Waals surface area contributed by atoms with Crippen molar-refractivity contribution in [2.45, 2.75) is 171 Å². The van der Waals surface area contributed by atoms with Crippen LogP contribution < -0.4 is 5.32 Å². The molecule has 0 bridgehead atoms. The smallest absolute Gasteiger partial charge is 0.393 e. The summed E-state index contributed by atoms with van der Waals surface area (Å²) in [6.07, 6.45) is 11.6. The molecule has 0 spiro atoms. The second kappa shape index (κ2) is 26.3. The van der Waals surface area contributed by atoms with Gasteiger partial charge in [0.05, 0.1) is 31.3 Å². The number of allylic oxidation sites excluding steroid dienone is 5. The van der Waals surface area contributed by atoms with E-state index in [2.05, 4.69) is 37.4 Å². The maximum Gasteiger partial charge on any atom is 0.472 e. The Morgan fingerprint density at radius 3 is 1.86 bits per heavy atom. The molecule has 0 aliphatic heterocycles. The molecule has 1 aliphatic rings. The summed E-state index contributed by atoms with van der Waals surface area (Å²) in [7, 11) is -5.13. The van der Waals surface area contributed by atoms with Crippen molar-refractivity contribution in [2.24, 2.45) is 0 Å². The highest BCUT2D eigenvalue weighted by atomic mass is 31.2. The fourth-order valence-corrected chi connectivity index (χ4v) is 6.32. The minimum atomic E-state index is -5.13. The molecule has 1 saturated carbocycles. The average molecular weight is 722 g/mol. The van der Waals surface area contributed by atoms with E-state index in [1.807, 2.05) is 6.08 Å². The molecule has 1 fully saturated rings. The predicted octanol–water partition coefficient (Wildman–Crippen LogP) is 3.46. The number of aliphatic hydroxyl groups excluding tert-OH is 7. The number of unbranched alkanes of at least 4 members (excludes halogenated alkanes) is 10. The van der Waals surface area contributed by atoms with Gasteiger partial charge in [0, 0.05) is 0 Å². The third-order valence-corrected chi connectivity index (χ3v) is 9.43. The first-order valence-electron chi connectivity index (χ1n) is 18.0. The van der Waals surface area contributed by atoms with Crippen LogP contribution in [-0.2, 0) is 18.4 Å². The molecule has 0 aromatic heterocycles. The van der Waals surface area contributed by atoms with Crippen LogP contribution in [0.25, 0.3) is 0 Å². The van der Waals surface area contributed by atoms with Crippen LogP contribution >= 0.6 is 7.82 Å². The molecule has 9 N–H and O–H groups in total. The molecule has 0 saturated heterocycles. The van der Waals surface area contributed by atoms with Crippen LogP contribution in [0.1, 0.15) is 117 Å². The van der Waals surface area contributed by atoms with Crippen LogP contribution in [0, 0.1) is 0 Å². The number of rotatable bonds is 27. The van der Waals surface area contributed by atoms with Crippen molar-refractivity contribution >= 4 is 13.7 Å². The first-order valence-corrected chi connectivity index (χ1v) is 19.5. The van der Waals surface area contributed by atoms with E-state index in [0.717, 1.165) is 44.9 Å². The average Bonchev–Trinajstić information content (AvgIpc) is 3.06. The highest BCUT2D eigenvalue weighted by molar-refractivity contribution is 7.47. The summed E-state index contributed by atoms with van der Waals surface area (Å²) in [5, 5.41) is 73.6. The number of hydrogen-bond acceptors (Lipinski definition) is 11. The summed E-state index contributed by atoms with van der Waals surface area (Å²) in [5.74, 6) is -0.627. The van der Waals surface area contributed by atoms with Gasteiger partial charge in [-0.2, -0.15) is 0 Å². The summed E-state index contributed by atoms with van der Waals surface area (Å²) in [4.78, 5) is 23.1. The molecule has 8 atom stereocenters. The van der Waals surface area contributed by atoms with Gasteiger partial charge in [0.15, 0.2) is 0 Å². The summed E-state index contributed by atoms with van der Waals surface area (Å²) in [6, 6.07) is -1.26. The lowest BCUT2D eigenvalue weighted by atomic mass is 9.85. The quantitative estimate of drug-likeness (QED) is 0.0338. The monoisotopic (exact) mass is 721 g/mol. The van der Waals surface area contributed by atoms with E-state index in [9.17, 15) is 50.0 Å². The lowest BCUT2D eigenvalue weighted by molar-refractivity contribution is -0.220. The maximum absolute atomic E-state index is 12.8. The van der Waals surface area contributed by atoms with Crippen LogP contribution in [0.2, 0.25) is 0 Å². The van der Waals surface area contributed by atoms with E-state index in [4.69, 9.17) is 9.05 Å². The van der Waals surface area contributed by atoms with E-state index in [0.29, 0.717) is 19.3 Å². The normalized spacial score (nSPS) is 26.3. The van der Waals surface area contributed by atoms with Crippen LogP contribution in [0.3, 0.4) is 0 Å². The standard InChI is InChI=1S/C35H64NO12P/c1-3-5-7-9-11-13-14-15-16-18-20-22-26(37)24-29(39)36-27(28(38)23-21-19-17-12-10-8-6-4-2)25-47-49(45,46)48-35-33(43)31(41)30(40)32(42)34(35)44/h10,12,15-16,21,23,26-28,30-35,37-38,40-44H,3-9,11,13-14,17-20,22,24-25H2,1-2H3,(H,36,39)(H,45,46)/b12-10+,16-15-,23-21+. The van der Waals surface area contributed by atoms with Gasteiger partial charge < -0.3 is 46.0 Å². The van der Waals surface area contributed by atoms with Gasteiger partial charge in [0.2, 0.25) is 5.91 Å². The zero-order valence-electron chi connectivity index (χ0n) is 29.3. The third-order valence-electron chi connectivity index (χ3n) is 8.45. The van der Waals surface area contributed by atoms with Crippen molar-refractivity contribution in [1.82, 2.24) is 5.32 Å². The Morgan fingerprint density at radius 2 is 1.22 bits per heavy atom. The van der Waals surface area contributed by atoms with Gasteiger partial charge in [-0.3, -0.25) is 13.8 Å². The van der Waals surface area contributed by atoms with Crippen LogP contribution in [-0.4, -0.2) is 108 Å². The molecule has 286 valence electrons. The highest BCUT2D eigenvalue weighted by Gasteiger charge is 2.51. The van der Waals surface area contributed by atoms with Crippen molar-refractivity contribution in [3.8, 4) is 0 Å². The second-order valence-electron chi connectivity index (χ2n) is 12.9. The summed E-state index contributed by atoms with van der Waals surface area (Å²) in [6.45, 7) is 3.55. The Hall–Kier alpha value is -1.48. The molecule has 0 heterocycles. The zero-order valence-corrected chi connectivity index (χ0v) is 30.2. The van der Waals surface area contributed by atoms with E-state index >= 15 is 0 Å². The van der Waals surface area contributed by atoms with Crippen molar-refractivity contribution in [3.05, 3.63) is 36.5 Å². The molecule has 0 aromatic carbocycles. The van der Waals surface area contributed by atoms with Gasteiger partial charge >= 0.3 is 7.82 Å². The summed E-state index contributed by atoms with van der Waals surface area (Å²) >= 11 is 0. The second-order valence-corrected chi connectivity index (χ2v) is 14.3. The molecule has 8 unspecified atom stereocenters. The van der Waals surface area contributed by atoms with Gasteiger partial charge in [-0.15, -0.1) is 0 Å². The number of nitrogens with one attached hydrogen (secondary N) is 1. The van der Waals surface area contributed by atoms with Crippen molar-refractivity contribution in [3.63, 3.8) is 0 Å². The topological polar surface area (TPSA) is 226 Å². The Balaban J connectivity index is 2.71. The SMILES string of the molecule is CCCC/C=C/CC/C=C/C(O)C(COP(=O)(O)OC1C(O)C(O)C(O)C(O)C1O)NC(=O)CC(O)CCC/C=C\CCCCCCCC. The van der Waals surface area contributed by atoms with E-state index in [1.54, 1.807) is 6.08 Å². The molecule has 13 nitrogen and oxygen atoms in total. The number of carbonyl (C=O) groups excluding carboxylic acids is 1. The van der Waals surface area contributed by atoms with Gasteiger partial charge in [-0.1, -0.05) is 95.2 Å². The van der Waals surface area contributed by atoms with E-state index in [-0.39, 0.29) is 6.42 Å². The molecule has 1 rings (SSSR count). The van der Waals surface area contributed by atoms with Crippen molar-refractivity contribution < 1.29 is 59.0 Å². The van der Waals surface area contributed by atoms with Gasteiger partial charge in [-0.25, -0.2) is 4.57 Å². The number of carbonyl (C=O) groups is 1. The lowest BCUT2D eigenvalue weighted by Crippen LogP contribution is -2.64. The summed E-state index contributed by atoms with van der Waals surface area (Å²) < 4.78 is 22.6. The Kier molecular flexibility index (Phi) is 24.5. The van der Waals surface area contributed by atoms with Crippen LogP contribution in [0.5, 0.6) is 0 Å². The molecule has 0 radical (unpaired) electrons. The fourth-order valence-electron chi connectivity index (χ4n) is 5.36. The number of hydrogen-bond donors (Lipinski definition) is 9. The number of amides is 1. The van der Waals surface area contributed by atoms with Gasteiger partial charge in [0.25, 0.3) is 0 Å². The fraction of sp³-hybridized carbons (Fsp3) is 0.800. The Morgan fingerprint density at radius 1 is 0.714 bits per heavy atom. The summed E-state index contributed by atoms with van der Waals surface area (Å²) in [5.41, 5.74) is 0. The maximum atomic E-state index is 12.8. The molecule has 0 aromatic rings. The van der Waals surface area contributed by atoms with Gasteiger partial charge in [0.1, 0.15) is 36.6 Å². The molecule has 1 amide bonds. The molecule has 49 heavy (non-hydrogen) atoms. The minimum absolute atomic E-state index is 0.275. The zero-order chi connectivity index (χ0) is 36.7. The largest absolute Gasteiger partial charge is 0.472 e. The molecule has 14 heteroatoms. The number of aliphatic hydroxyl groups is 7. The van der Waals surface area contributed by atoms with Gasteiger partial charge in [-0.05, 0) is 51.4 Å². The number of phosphoric acid groups is 1. The first kappa shape index (κ1) is 45.5. The predicted molar refractivity (Wildman–Crippen MR) is 187 cm³/mol. The lowest BCUT2D eigenvalue weighted by Gasteiger charge is -2.41. The molecule has 1 aliphatic carbocycles.